The third kappa shape index (κ3) is 8.15. The van der Waals surface area contributed by atoms with Gasteiger partial charge in [-0.2, -0.15) is 13.2 Å². The number of fused-ring (bicyclic) bond motifs is 1. The number of carbonyl (C=O) groups is 1. The Hall–Kier alpha value is -3.74. The van der Waals surface area contributed by atoms with Crippen molar-refractivity contribution < 1.29 is 35.3 Å². The zero-order valence-electron chi connectivity index (χ0n) is 25.5. The van der Waals surface area contributed by atoms with Gasteiger partial charge in [0.2, 0.25) is 5.91 Å². The van der Waals surface area contributed by atoms with E-state index in [2.05, 4.69) is 22.5 Å². The maximum absolute atomic E-state index is 13.6. The standard InChI is InChI=1S/C31H36F3N5O5S2/c1-22(40)37-13-15-38(16-14-37)45(41)25-8-9-28(30(20-25)44-2)35-12-4-5-24-19-26-27(36-23-10-17-46(42,43)18-11-23)6-3-7-29(26)39(24)21-31(32,33)34/h3,6-9,19-20,23,35-36H,10-18,21H2,1-2H3. The molecule has 0 saturated carbocycles. The van der Waals surface area contributed by atoms with Crippen LogP contribution in [0.1, 0.15) is 25.5 Å². The number of sulfone groups is 1. The van der Waals surface area contributed by atoms with E-state index in [1.54, 1.807) is 51.7 Å². The number of alkyl halides is 3. The molecule has 10 nitrogen and oxygen atoms in total. The number of nitrogens with zero attached hydrogens (tertiary/aromatic N) is 3. The molecule has 2 N–H and O–H groups in total. The van der Waals surface area contributed by atoms with Crippen LogP contribution < -0.4 is 15.4 Å². The number of amides is 1. The maximum atomic E-state index is 13.6. The van der Waals surface area contributed by atoms with Gasteiger partial charge in [-0.3, -0.25) is 4.79 Å². The average molecular weight is 680 g/mol. The van der Waals surface area contributed by atoms with Gasteiger partial charge in [-0.1, -0.05) is 12.0 Å². The Morgan fingerprint density at radius 1 is 1.07 bits per heavy atom. The number of ether oxygens (including phenoxy) is 1. The molecule has 2 aromatic carbocycles. The number of benzene rings is 2. The van der Waals surface area contributed by atoms with E-state index in [4.69, 9.17) is 4.74 Å². The molecule has 2 fully saturated rings. The van der Waals surface area contributed by atoms with Crippen LogP contribution in [-0.2, 0) is 32.2 Å². The fourth-order valence-corrected chi connectivity index (χ4v) is 8.31. The number of hydrogen-bond donors (Lipinski definition) is 2. The largest absolute Gasteiger partial charge is 0.495 e. The highest BCUT2D eigenvalue weighted by molar-refractivity contribution is 7.91. The molecular weight excluding hydrogens is 643 g/mol. The maximum Gasteiger partial charge on any atom is 0.406 e. The van der Waals surface area contributed by atoms with E-state index in [1.807, 2.05) is 0 Å². The molecule has 1 atom stereocenters. The van der Waals surface area contributed by atoms with E-state index >= 15 is 0 Å². The Balaban J connectivity index is 1.31. The van der Waals surface area contributed by atoms with Crippen LogP contribution >= 0.6 is 0 Å². The Bertz CT molecular complexity index is 1780. The summed E-state index contributed by atoms with van der Waals surface area (Å²) in [7, 11) is -3.01. The number of rotatable bonds is 8. The third-order valence-corrected chi connectivity index (χ3v) is 11.3. The number of methoxy groups -OCH3 is 1. The molecule has 1 amide bonds. The van der Waals surface area contributed by atoms with Gasteiger partial charge < -0.3 is 24.8 Å². The minimum atomic E-state index is -4.47. The first kappa shape index (κ1) is 33.6. The Morgan fingerprint density at radius 2 is 1.78 bits per heavy atom. The number of aromatic nitrogens is 1. The summed E-state index contributed by atoms with van der Waals surface area (Å²) in [4.78, 5) is 13.9. The molecule has 3 heterocycles. The fraction of sp³-hybridized carbons (Fsp3) is 0.452. The van der Waals surface area contributed by atoms with Gasteiger partial charge in [0, 0.05) is 50.2 Å². The molecule has 0 spiro atoms. The third-order valence-electron chi connectivity index (χ3n) is 8.07. The van der Waals surface area contributed by atoms with E-state index in [-0.39, 0.29) is 35.7 Å². The van der Waals surface area contributed by atoms with Gasteiger partial charge in [0.05, 0.1) is 47.0 Å². The van der Waals surface area contributed by atoms with Crippen molar-refractivity contribution in [3.63, 3.8) is 0 Å². The van der Waals surface area contributed by atoms with Crippen molar-refractivity contribution in [3.8, 4) is 17.6 Å². The molecule has 2 aliphatic heterocycles. The first-order valence-corrected chi connectivity index (χ1v) is 17.8. The van der Waals surface area contributed by atoms with E-state index in [1.165, 1.54) is 14.0 Å². The quantitative estimate of drug-likeness (QED) is 0.348. The van der Waals surface area contributed by atoms with Crippen molar-refractivity contribution in [1.82, 2.24) is 13.8 Å². The molecule has 0 radical (unpaired) electrons. The molecule has 2 aliphatic rings. The van der Waals surface area contributed by atoms with Crippen molar-refractivity contribution >= 4 is 49.0 Å². The van der Waals surface area contributed by atoms with Gasteiger partial charge >= 0.3 is 6.18 Å². The molecule has 0 bridgehead atoms. The van der Waals surface area contributed by atoms with Crippen LogP contribution in [0.25, 0.3) is 10.9 Å². The summed E-state index contributed by atoms with van der Waals surface area (Å²) in [6.07, 6.45) is -3.62. The van der Waals surface area contributed by atoms with E-state index in [9.17, 15) is 30.6 Å². The average Bonchev–Trinajstić information content (AvgIpc) is 3.36. The summed E-state index contributed by atoms with van der Waals surface area (Å²) in [6, 6.07) is 11.7. The second-order valence-electron chi connectivity index (χ2n) is 11.2. The van der Waals surface area contributed by atoms with Gasteiger partial charge in [0.1, 0.15) is 33.1 Å². The zero-order valence-corrected chi connectivity index (χ0v) is 27.2. The molecule has 3 aromatic rings. The highest BCUT2D eigenvalue weighted by atomic mass is 32.2. The van der Waals surface area contributed by atoms with Crippen molar-refractivity contribution in [2.24, 2.45) is 0 Å². The second-order valence-corrected chi connectivity index (χ2v) is 15.0. The Labute approximate surface area is 268 Å². The number of anilines is 2. The summed E-state index contributed by atoms with van der Waals surface area (Å²) in [5.74, 6) is 6.36. The number of halogens is 3. The molecule has 0 aliphatic carbocycles. The first-order chi connectivity index (χ1) is 21.8. The normalized spacial score (nSPS) is 18.1. The smallest absolute Gasteiger partial charge is 0.406 e. The lowest BCUT2D eigenvalue weighted by molar-refractivity contribution is -0.140. The van der Waals surface area contributed by atoms with Crippen LogP contribution in [0, 0.1) is 11.8 Å². The topological polar surface area (TPSA) is 113 Å². The Morgan fingerprint density at radius 3 is 2.43 bits per heavy atom. The number of carbonyl (C=O) groups excluding carboxylic acids is 1. The van der Waals surface area contributed by atoms with Crippen molar-refractivity contribution in [1.29, 1.82) is 0 Å². The minimum absolute atomic E-state index is 0.00921. The minimum Gasteiger partial charge on any atom is -0.495 e. The predicted octanol–water partition coefficient (Wildman–Crippen LogP) is 3.85. The molecule has 1 aromatic heterocycles. The lowest BCUT2D eigenvalue weighted by atomic mass is 10.1. The molecule has 1 unspecified atom stereocenters. The molecule has 2 saturated heterocycles. The molecule has 5 rings (SSSR count). The highest BCUT2D eigenvalue weighted by Gasteiger charge is 2.30. The van der Waals surface area contributed by atoms with Crippen molar-refractivity contribution in [3.05, 3.63) is 48.2 Å². The molecular formula is C31H36F3N5O5S2. The summed E-state index contributed by atoms with van der Waals surface area (Å²) in [5, 5.41) is 7.03. The van der Waals surface area contributed by atoms with Crippen molar-refractivity contribution in [2.45, 2.75) is 43.4 Å². The van der Waals surface area contributed by atoms with Gasteiger partial charge in [0.15, 0.2) is 0 Å². The Kier molecular flexibility index (Phi) is 10.2. The zero-order chi connectivity index (χ0) is 33.1. The van der Waals surface area contributed by atoms with Crippen molar-refractivity contribution in [2.75, 3.05) is 62.0 Å². The monoisotopic (exact) mass is 679 g/mol. The van der Waals surface area contributed by atoms with Crippen LogP contribution in [0.5, 0.6) is 5.75 Å². The molecule has 46 heavy (non-hydrogen) atoms. The van der Waals surface area contributed by atoms with Gasteiger partial charge in [-0.15, -0.1) is 0 Å². The lowest BCUT2D eigenvalue weighted by Crippen LogP contribution is -2.48. The van der Waals surface area contributed by atoms with Gasteiger partial charge in [-0.25, -0.2) is 16.9 Å². The van der Waals surface area contributed by atoms with Crippen LogP contribution in [0.2, 0.25) is 0 Å². The SMILES string of the molecule is COc1cc(S(=O)N2CCN(C(C)=O)CC2)ccc1NCC#Cc1cc2c(NC3CCS(=O)(=O)CC3)cccc2n1CC(F)(F)F. The van der Waals surface area contributed by atoms with Gasteiger partial charge in [0.25, 0.3) is 0 Å². The predicted molar refractivity (Wildman–Crippen MR) is 172 cm³/mol. The van der Waals surface area contributed by atoms with Gasteiger partial charge in [-0.05, 0) is 55.2 Å². The van der Waals surface area contributed by atoms with Crippen LogP contribution in [0.4, 0.5) is 24.5 Å². The number of piperazine rings is 1. The summed E-state index contributed by atoms with van der Waals surface area (Å²) in [6.45, 7) is 2.37. The lowest BCUT2D eigenvalue weighted by Gasteiger charge is -2.33. The van der Waals surface area contributed by atoms with E-state index in [0.717, 1.165) is 4.57 Å². The van der Waals surface area contributed by atoms with Crippen LogP contribution in [0.15, 0.2) is 47.4 Å². The molecule has 248 valence electrons. The number of hydrogen-bond acceptors (Lipinski definition) is 7. The molecule has 15 heteroatoms. The summed E-state index contributed by atoms with van der Waals surface area (Å²) in [5.41, 5.74) is 1.77. The first-order valence-electron chi connectivity index (χ1n) is 14.8. The summed E-state index contributed by atoms with van der Waals surface area (Å²) >= 11 is 0. The van der Waals surface area contributed by atoms with E-state index in [0.29, 0.717) is 71.9 Å². The van der Waals surface area contributed by atoms with Crippen LogP contribution in [-0.4, -0.2) is 95.9 Å². The van der Waals surface area contributed by atoms with Crippen LogP contribution in [0.3, 0.4) is 0 Å². The fourth-order valence-electron chi connectivity index (χ4n) is 5.64. The number of nitrogens with one attached hydrogen (secondary N) is 2. The summed E-state index contributed by atoms with van der Waals surface area (Å²) < 4.78 is 86.1. The highest BCUT2D eigenvalue weighted by Crippen LogP contribution is 2.32. The van der Waals surface area contributed by atoms with E-state index < -0.39 is 33.5 Å². The second kappa shape index (κ2) is 13.9.